The lowest BCUT2D eigenvalue weighted by molar-refractivity contribution is -0.142. The number of esters is 1. The number of amidine groups is 1. The Morgan fingerprint density at radius 2 is 1.86 bits per heavy atom. The molecule has 1 fully saturated rings. The zero-order valence-electron chi connectivity index (χ0n) is 16.2. The largest absolute Gasteiger partial charge is 0.494 e. The number of carbonyl (C=O) groups is 2. The third-order valence-electron chi connectivity index (χ3n) is 4.07. The first-order chi connectivity index (χ1) is 14.0. The average molecular weight is 412 g/mol. The van der Waals surface area contributed by atoms with Crippen molar-refractivity contribution >= 4 is 40.6 Å². The summed E-state index contributed by atoms with van der Waals surface area (Å²) in [5, 5.41) is 0.573. The molecule has 0 aromatic heterocycles. The highest BCUT2D eigenvalue weighted by Crippen LogP contribution is 2.35. The Labute approximate surface area is 173 Å². The molecule has 8 heteroatoms. The molecule has 0 saturated carbocycles. The number of nitrogens with zero attached hydrogens (tertiary/aromatic N) is 2. The van der Waals surface area contributed by atoms with Crippen LogP contribution < -0.4 is 9.47 Å². The molecule has 1 amide bonds. The lowest BCUT2D eigenvalue weighted by atomic mass is 10.2. The number of methoxy groups -OCH3 is 2. The number of thioether (sulfide) groups is 1. The molecule has 0 bridgehead atoms. The van der Waals surface area contributed by atoms with E-state index in [4.69, 9.17) is 9.47 Å². The molecule has 2 aromatic carbocycles. The van der Waals surface area contributed by atoms with Crippen LogP contribution >= 0.6 is 11.8 Å². The van der Waals surface area contributed by atoms with E-state index in [0.717, 1.165) is 5.56 Å². The van der Waals surface area contributed by atoms with Gasteiger partial charge in [0.2, 0.25) is 0 Å². The predicted octanol–water partition coefficient (Wildman–Crippen LogP) is 3.48. The van der Waals surface area contributed by atoms with E-state index in [1.54, 1.807) is 32.4 Å². The van der Waals surface area contributed by atoms with Gasteiger partial charge in [0.25, 0.3) is 5.91 Å². The molecule has 0 radical (unpaired) electrons. The van der Waals surface area contributed by atoms with Gasteiger partial charge in [0.05, 0.1) is 19.1 Å². The minimum absolute atomic E-state index is 0.130. The zero-order valence-corrected chi connectivity index (χ0v) is 17.1. The summed E-state index contributed by atoms with van der Waals surface area (Å²) in [6.45, 7) is -0.154. The second-order valence-electron chi connectivity index (χ2n) is 5.97. The van der Waals surface area contributed by atoms with Crippen LogP contribution in [0.3, 0.4) is 0 Å². The van der Waals surface area contributed by atoms with Gasteiger partial charge in [-0.2, -0.15) is 0 Å². The molecule has 0 aliphatic carbocycles. The number of likely N-dealkylation sites (N-methyl/N-ethyl adjacent to an activating group) is 1. The zero-order chi connectivity index (χ0) is 20.8. The third-order valence-corrected chi connectivity index (χ3v) is 5.13. The summed E-state index contributed by atoms with van der Waals surface area (Å²) < 4.78 is 15.2. The summed E-state index contributed by atoms with van der Waals surface area (Å²) in [7, 11) is 4.58. The Morgan fingerprint density at radius 1 is 1.14 bits per heavy atom. The number of rotatable bonds is 6. The van der Waals surface area contributed by atoms with E-state index in [0.29, 0.717) is 27.3 Å². The van der Waals surface area contributed by atoms with E-state index in [1.165, 1.54) is 23.8 Å². The average Bonchev–Trinajstić information content (AvgIpc) is 3.01. The van der Waals surface area contributed by atoms with Crippen LogP contribution in [-0.2, 0) is 14.3 Å². The van der Waals surface area contributed by atoms with Crippen molar-refractivity contribution in [3.63, 3.8) is 0 Å². The fraction of sp³-hybridized carbons (Fsp3) is 0.190. The maximum Gasteiger partial charge on any atom is 0.343 e. The van der Waals surface area contributed by atoms with Crippen LogP contribution in [0.25, 0.3) is 6.08 Å². The highest BCUT2D eigenvalue weighted by atomic mass is 32.2. The molecular formula is C21H20N2O5S. The lowest BCUT2D eigenvalue weighted by Gasteiger charge is -2.09. The maximum atomic E-state index is 12.6. The van der Waals surface area contributed by atoms with Crippen molar-refractivity contribution in [2.75, 3.05) is 27.9 Å². The van der Waals surface area contributed by atoms with E-state index in [-0.39, 0.29) is 12.5 Å². The quantitative estimate of drug-likeness (QED) is 0.534. The molecule has 150 valence electrons. The lowest BCUT2D eigenvalue weighted by Crippen LogP contribution is -2.23. The fourth-order valence-electron chi connectivity index (χ4n) is 2.49. The molecule has 0 N–H and O–H groups in total. The van der Waals surface area contributed by atoms with E-state index in [1.807, 2.05) is 36.4 Å². The van der Waals surface area contributed by atoms with Gasteiger partial charge in [-0.1, -0.05) is 24.3 Å². The summed E-state index contributed by atoms with van der Waals surface area (Å²) in [5.74, 6) is 0.601. The Kier molecular flexibility index (Phi) is 6.56. The number of ether oxygens (including phenoxy) is 3. The monoisotopic (exact) mass is 412 g/mol. The third kappa shape index (κ3) is 4.97. The molecule has 1 saturated heterocycles. The van der Waals surface area contributed by atoms with Crippen LogP contribution in [0.2, 0.25) is 0 Å². The molecule has 1 aliphatic heterocycles. The first-order valence-corrected chi connectivity index (χ1v) is 9.52. The summed E-state index contributed by atoms with van der Waals surface area (Å²) in [6, 6.07) is 14.5. The van der Waals surface area contributed by atoms with Gasteiger partial charge in [-0.3, -0.25) is 9.69 Å². The smallest absolute Gasteiger partial charge is 0.343 e. The normalized spacial score (nSPS) is 16.4. The van der Waals surface area contributed by atoms with E-state index in [9.17, 15) is 9.59 Å². The molecule has 1 heterocycles. The molecule has 0 unspecified atom stereocenters. The Morgan fingerprint density at radius 3 is 2.55 bits per heavy atom. The number of para-hydroxylation sites is 2. The summed E-state index contributed by atoms with van der Waals surface area (Å²) in [6.07, 6.45) is 1.79. The van der Waals surface area contributed by atoms with Crippen molar-refractivity contribution in [2.24, 2.45) is 4.99 Å². The second kappa shape index (κ2) is 9.29. The topological polar surface area (TPSA) is 77.4 Å². The minimum atomic E-state index is -0.450. The van der Waals surface area contributed by atoms with Gasteiger partial charge in [-0.15, -0.1) is 0 Å². The summed E-state index contributed by atoms with van der Waals surface area (Å²) in [5.41, 5.74) is 1.49. The van der Waals surface area contributed by atoms with Crippen LogP contribution in [0.15, 0.2) is 58.4 Å². The fourth-order valence-corrected chi connectivity index (χ4v) is 3.47. The van der Waals surface area contributed by atoms with Gasteiger partial charge in [0, 0.05) is 7.05 Å². The highest BCUT2D eigenvalue weighted by molar-refractivity contribution is 8.18. The minimum Gasteiger partial charge on any atom is -0.494 e. The van der Waals surface area contributed by atoms with Crippen LogP contribution in [0, 0.1) is 0 Å². The number of hydrogen-bond acceptors (Lipinski definition) is 7. The Hall–Kier alpha value is -3.26. The number of hydrogen-bond donors (Lipinski definition) is 0. The number of benzene rings is 2. The first kappa shape index (κ1) is 20.5. The maximum absolute atomic E-state index is 12.6. The van der Waals surface area contributed by atoms with Gasteiger partial charge in [-0.25, -0.2) is 9.79 Å². The van der Waals surface area contributed by atoms with Crippen LogP contribution in [0.5, 0.6) is 11.5 Å². The second-order valence-corrected chi connectivity index (χ2v) is 6.98. The van der Waals surface area contributed by atoms with Crippen LogP contribution in [-0.4, -0.2) is 49.8 Å². The number of aliphatic imine (C=N–C) groups is 1. The SMILES string of the molecule is COC(=O)COc1ccc(/C=C2\SC(=Nc3ccccc3OC)N(C)C2=O)cc1. The predicted molar refractivity (Wildman–Crippen MR) is 112 cm³/mol. The molecule has 1 aliphatic rings. The van der Waals surface area contributed by atoms with Gasteiger partial charge >= 0.3 is 5.97 Å². The molecule has 0 spiro atoms. The van der Waals surface area contributed by atoms with Crippen molar-refractivity contribution in [1.82, 2.24) is 4.90 Å². The van der Waals surface area contributed by atoms with Crippen molar-refractivity contribution in [3.8, 4) is 11.5 Å². The van der Waals surface area contributed by atoms with Gasteiger partial charge in [0.15, 0.2) is 11.8 Å². The van der Waals surface area contributed by atoms with E-state index < -0.39 is 5.97 Å². The highest BCUT2D eigenvalue weighted by Gasteiger charge is 2.30. The van der Waals surface area contributed by atoms with Gasteiger partial charge < -0.3 is 14.2 Å². The number of carbonyl (C=O) groups excluding carboxylic acids is 2. The molecule has 0 atom stereocenters. The number of amides is 1. The van der Waals surface area contributed by atoms with Crippen molar-refractivity contribution in [1.29, 1.82) is 0 Å². The Bertz CT molecular complexity index is 969. The van der Waals surface area contributed by atoms with Crippen LogP contribution in [0.1, 0.15) is 5.56 Å². The molecular weight excluding hydrogens is 392 g/mol. The molecule has 2 aromatic rings. The van der Waals surface area contributed by atoms with Gasteiger partial charge in [-0.05, 0) is 47.7 Å². The van der Waals surface area contributed by atoms with Gasteiger partial charge in [0.1, 0.15) is 17.2 Å². The first-order valence-electron chi connectivity index (χ1n) is 8.71. The van der Waals surface area contributed by atoms with Crippen molar-refractivity contribution in [3.05, 3.63) is 59.0 Å². The van der Waals surface area contributed by atoms with Crippen molar-refractivity contribution < 1.29 is 23.8 Å². The van der Waals surface area contributed by atoms with E-state index >= 15 is 0 Å². The van der Waals surface area contributed by atoms with E-state index in [2.05, 4.69) is 9.73 Å². The standard InChI is InChI=1S/C21H20N2O5S/c1-23-20(25)18(29-21(23)22-16-6-4-5-7-17(16)26-2)12-14-8-10-15(11-9-14)28-13-19(24)27-3/h4-12H,13H2,1-3H3/b18-12-,22-21?. The summed E-state index contributed by atoms with van der Waals surface area (Å²) >= 11 is 1.30. The Balaban J connectivity index is 1.76. The summed E-state index contributed by atoms with van der Waals surface area (Å²) in [4.78, 5) is 30.4. The van der Waals surface area contributed by atoms with Crippen LogP contribution in [0.4, 0.5) is 5.69 Å². The van der Waals surface area contributed by atoms with Crippen molar-refractivity contribution in [2.45, 2.75) is 0 Å². The molecule has 7 nitrogen and oxygen atoms in total. The molecule has 29 heavy (non-hydrogen) atoms. The molecule has 3 rings (SSSR count).